The number of nitrogens with one attached hydrogen (secondary N) is 1. The van der Waals surface area contributed by atoms with Crippen molar-refractivity contribution < 1.29 is 13.2 Å². The highest BCUT2D eigenvalue weighted by Gasteiger charge is 2.32. The molecule has 1 saturated heterocycles. The molecule has 1 heterocycles. The zero-order valence-corrected chi connectivity index (χ0v) is 14.4. The van der Waals surface area contributed by atoms with E-state index < -0.39 is 10.0 Å². The molecule has 6 nitrogen and oxygen atoms in total. The summed E-state index contributed by atoms with van der Waals surface area (Å²) in [5.74, 6) is 0. The number of sulfonamides is 1. The van der Waals surface area contributed by atoms with Gasteiger partial charge in [0.05, 0.1) is 29.7 Å². The first kappa shape index (κ1) is 17.9. The van der Waals surface area contributed by atoms with Gasteiger partial charge < -0.3 is 4.74 Å². The second kappa shape index (κ2) is 7.41. The molecule has 1 aliphatic heterocycles. The predicted octanol–water partition coefficient (Wildman–Crippen LogP) is 1.34. The molecule has 1 aliphatic rings. The highest BCUT2D eigenvalue weighted by molar-refractivity contribution is 7.89. The van der Waals surface area contributed by atoms with Gasteiger partial charge in [0.25, 0.3) is 0 Å². The molecular formula is C16H23N3O3S. The first-order chi connectivity index (χ1) is 10.9. The second-order valence-electron chi connectivity index (χ2n) is 5.91. The van der Waals surface area contributed by atoms with Crippen LogP contribution in [-0.4, -0.2) is 51.7 Å². The summed E-state index contributed by atoms with van der Waals surface area (Å²) < 4.78 is 33.0. The summed E-state index contributed by atoms with van der Waals surface area (Å²) in [5, 5.41) is 8.91. The monoisotopic (exact) mass is 337 g/mol. The number of nitrogens with zero attached hydrogens (tertiary/aromatic N) is 2. The number of rotatable bonds is 6. The van der Waals surface area contributed by atoms with E-state index in [9.17, 15) is 8.42 Å². The quantitative estimate of drug-likeness (QED) is 0.847. The summed E-state index contributed by atoms with van der Waals surface area (Å²) in [6.07, 6.45) is 0.827. The summed E-state index contributed by atoms with van der Waals surface area (Å²) >= 11 is 0. The van der Waals surface area contributed by atoms with Gasteiger partial charge in [0.1, 0.15) is 0 Å². The molecule has 126 valence electrons. The van der Waals surface area contributed by atoms with Crippen LogP contribution in [0.2, 0.25) is 0 Å². The fraction of sp³-hybridized carbons (Fsp3) is 0.562. The Balaban J connectivity index is 2.11. The Labute approximate surface area is 138 Å². The van der Waals surface area contributed by atoms with Crippen molar-refractivity contribution in [1.82, 2.24) is 9.62 Å². The molecule has 1 aromatic carbocycles. The first-order valence-corrected chi connectivity index (χ1v) is 9.22. The largest absolute Gasteiger partial charge is 0.379 e. The molecule has 0 unspecified atom stereocenters. The molecule has 0 aliphatic carbocycles. The van der Waals surface area contributed by atoms with Crippen LogP contribution in [0.15, 0.2) is 29.2 Å². The smallest absolute Gasteiger partial charge is 0.240 e. The van der Waals surface area contributed by atoms with Crippen molar-refractivity contribution in [3.63, 3.8) is 0 Å². The van der Waals surface area contributed by atoms with Crippen molar-refractivity contribution in [2.24, 2.45) is 0 Å². The van der Waals surface area contributed by atoms with Crippen LogP contribution in [0, 0.1) is 11.3 Å². The van der Waals surface area contributed by atoms with Crippen LogP contribution in [0.4, 0.5) is 0 Å². The lowest BCUT2D eigenvalue weighted by Crippen LogP contribution is -2.56. The Morgan fingerprint density at radius 2 is 2.09 bits per heavy atom. The van der Waals surface area contributed by atoms with E-state index in [0.717, 1.165) is 19.5 Å². The highest BCUT2D eigenvalue weighted by Crippen LogP contribution is 2.21. The minimum Gasteiger partial charge on any atom is -0.379 e. The Kier molecular flexibility index (Phi) is 5.76. The van der Waals surface area contributed by atoms with E-state index in [1.165, 1.54) is 12.1 Å². The summed E-state index contributed by atoms with van der Waals surface area (Å²) in [6.45, 7) is 7.39. The van der Waals surface area contributed by atoms with Gasteiger partial charge in [-0.3, -0.25) is 4.90 Å². The highest BCUT2D eigenvalue weighted by atomic mass is 32.2. The van der Waals surface area contributed by atoms with Gasteiger partial charge in [0.2, 0.25) is 10.0 Å². The first-order valence-electron chi connectivity index (χ1n) is 7.74. The molecular weight excluding hydrogens is 314 g/mol. The van der Waals surface area contributed by atoms with Crippen LogP contribution in [0.3, 0.4) is 0 Å². The summed E-state index contributed by atoms with van der Waals surface area (Å²) in [7, 11) is -3.63. The van der Waals surface area contributed by atoms with Crippen LogP contribution < -0.4 is 4.72 Å². The number of morpholine rings is 1. The average molecular weight is 337 g/mol. The molecule has 1 fully saturated rings. The van der Waals surface area contributed by atoms with E-state index in [4.69, 9.17) is 10.00 Å². The minimum absolute atomic E-state index is 0.122. The Hall–Kier alpha value is -1.46. The molecule has 7 heteroatoms. The summed E-state index contributed by atoms with van der Waals surface area (Å²) in [4.78, 5) is 2.39. The fourth-order valence-electron chi connectivity index (χ4n) is 2.63. The van der Waals surface area contributed by atoms with E-state index in [0.29, 0.717) is 25.3 Å². The number of hydrogen-bond donors (Lipinski definition) is 1. The minimum atomic E-state index is -3.63. The average Bonchev–Trinajstić information content (AvgIpc) is 2.60. The van der Waals surface area contributed by atoms with Gasteiger partial charge in [-0.15, -0.1) is 0 Å². The number of nitriles is 1. The molecule has 23 heavy (non-hydrogen) atoms. The van der Waals surface area contributed by atoms with Crippen LogP contribution >= 0.6 is 0 Å². The van der Waals surface area contributed by atoms with Crippen LogP contribution in [-0.2, 0) is 14.8 Å². The Morgan fingerprint density at radius 1 is 1.39 bits per heavy atom. The SMILES string of the molecule is CC[C@](C)(CNS(=O)(=O)c1cccc(C#N)c1)N1CCOCC1. The second-order valence-corrected chi connectivity index (χ2v) is 7.68. The van der Waals surface area contributed by atoms with Crippen LogP contribution in [0.1, 0.15) is 25.8 Å². The van der Waals surface area contributed by atoms with Crippen LogP contribution in [0.25, 0.3) is 0 Å². The molecule has 0 bridgehead atoms. The Morgan fingerprint density at radius 3 is 2.70 bits per heavy atom. The maximum absolute atomic E-state index is 12.5. The van der Waals surface area contributed by atoms with E-state index in [1.54, 1.807) is 12.1 Å². The molecule has 1 aromatic rings. The predicted molar refractivity (Wildman–Crippen MR) is 87.4 cm³/mol. The van der Waals surface area contributed by atoms with Gasteiger partial charge in [-0.05, 0) is 31.5 Å². The van der Waals surface area contributed by atoms with Gasteiger partial charge in [-0.25, -0.2) is 13.1 Å². The van der Waals surface area contributed by atoms with Gasteiger partial charge in [-0.2, -0.15) is 5.26 Å². The van der Waals surface area contributed by atoms with Crippen molar-refractivity contribution in [1.29, 1.82) is 5.26 Å². The lowest BCUT2D eigenvalue weighted by Gasteiger charge is -2.43. The zero-order valence-electron chi connectivity index (χ0n) is 13.6. The van der Waals surface area contributed by atoms with Crippen molar-refractivity contribution >= 4 is 10.0 Å². The fourth-order valence-corrected chi connectivity index (χ4v) is 3.84. The molecule has 1 atom stereocenters. The summed E-state index contributed by atoms with van der Waals surface area (Å²) in [5.41, 5.74) is 0.0725. The summed E-state index contributed by atoms with van der Waals surface area (Å²) in [6, 6.07) is 8.01. The van der Waals surface area contributed by atoms with Gasteiger partial charge in [-0.1, -0.05) is 13.0 Å². The van der Waals surface area contributed by atoms with Crippen molar-refractivity contribution in [3.05, 3.63) is 29.8 Å². The molecule has 0 spiro atoms. The van der Waals surface area contributed by atoms with Crippen molar-refractivity contribution in [3.8, 4) is 6.07 Å². The lowest BCUT2D eigenvalue weighted by atomic mass is 9.96. The van der Waals surface area contributed by atoms with Crippen LogP contribution in [0.5, 0.6) is 0 Å². The Bertz CT molecular complexity index is 678. The van der Waals surface area contributed by atoms with Crippen molar-refractivity contribution in [2.75, 3.05) is 32.8 Å². The number of benzene rings is 1. The van der Waals surface area contributed by atoms with E-state index in [1.807, 2.05) is 6.07 Å². The molecule has 2 rings (SSSR count). The standard InChI is InChI=1S/C16H23N3O3S/c1-3-16(2,19-7-9-22-10-8-19)13-18-23(20,21)15-6-4-5-14(11-15)12-17/h4-6,11,18H,3,7-10,13H2,1-2H3/t16-/m1/s1. The topological polar surface area (TPSA) is 82.4 Å². The van der Waals surface area contributed by atoms with Gasteiger partial charge in [0.15, 0.2) is 0 Å². The third-order valence-electron chi connectivity index (χ3n) is 4.45. The van der Waals surface area contributed by atoms with E-state index >= 15 is 0 Å². The van der Waals surface area contributed by atoms with Gasteiger partial charge >= 0.3 is 0 Å². The molecule has 1 N–H and O–H groups in total. The third kappa shape index (κ3) is 4.30. The van der Waals surface area contributed by atoms with E-state index in [2.05, 4.69) is 23.5 Å². The maximum atomic E-state index is 12.5. The molecule has 0 radical (unpaired) electrons. The molecule has 0 saturated carbocycles. The van der Waals surface area contributed by atoms with Crippen molar-refractivity contribution in [2.45, 2.75) is 30.7 Å². The van der Waals surface area contributed by atoms with Gasteiger partial charge in [0, 0.05) is 25.2 Å². The molecule has 0 aromatic heterocycles. The molecule has 0 amide bonds. The zero-order chi connectivity index (χ0) is 16.9. The maximum Gasteiger partial charge on any atom is 0.240 e. The number of hydrogen-bond acceptors (Lipinski definition) is 5. The third-order valence-corrected chi connectivity index (χ3v) is 5.85. The lowest BCUT2D eigenvalue weighted by molar-refractivity contribution is -0.0157. The van der Waals surface area contributed by atoms with E-state index in [-0.39, 0.29) is 10.4 Å². The number of ether oxygens (including phenoxy) is 1. The normalized spacial score (nSPS) is 19.0.